The molecule has 1 aromatic carbocycles. The predicted molar refractivity (Wildman–Crippen MR) is 81.2 cm³/mol. The minimum absolute atomic E-state index is 0.138. The summed E-state index contributed by atoms with van der Waals surface area (Å²) in [4.78, 5) is 0.289. The first-order valence-electron chi connectivity index (χ1n) is 6.78. The van der Waals surface area contributed by atoms with Gasteiger partial charge < -0.3 is 10.8 Å². The monoisotopic (exact) mass is 300 g/mol. The molecule has 0 saturated heterocycles. The van der Waals surface area contributed by atoms with E-state index in [4.69, 9.17) is 10.8 Å². The van der Waals surface area contributed by atoms with Crippen molar-refractivity contribution in [2.75, 3.05) is 18.9 Å². The molecule has 0 fully saturated rings. The van der Waals surface area contributed by atoms with Gasteiger partial charge in [0.15, 0.2) is 0 Å². The Morgan fingerprint density at radius 3 is 2.40 bits per heavy atom. The summed E-state index contributed by atoms with van der Waals surface area (Å²) in [7, 11) is -3.55. The lowest BCUT2D eigenvalue weighted by molar-refractivity contribution is 0.283. The van der Waals surface area contributed by atoms with Crippen LogP contribution in [0.25, 0.3) is 0 Å². The Kier molecular flexibility index (Phi) is 5.98. The van der Waals surface area contributed by atoms with Gasteiger partial charge in [0.05, 0.1) is 4.90 Å². The maximum Gasteiger partial charge on any atom is 0.241 e. The van der Waals surface area contributed by atoms with Gasteiger partial charge in [0.1, 0.15) is 0 Å². The normalized spacial score (nSPS) is 11.8. The van der Waals surface area contributed by atoms with Crippen molar-refractivity contribution >= 4 is 15.7 Å². The quantitative estimate of drug-likeness (QED) is 0.527. The second kappa shape index (κ2) is 7.06. The molecule has 0 aromatic heterocycles. The van der Waals surface area contributed by atoms with Gasteiger partial charge in [0.25, 0.3) is 0 Å². The molecule has 0 radical (unpaired) electrons. The van der Waals surface area contributed by atoms with Crippen molar-refractivity contribution in [1.82, 2.24) is 4.72 Å². The van der Waals surface area contributed by atoms with E-state index in [1.165, 1.54) is 0 Å². The summed E-state index contributed by atoms with van der Waals surface area (Å²) in [6.45, 7) is 5.88. The number of benzene rings is 1. The summed E-state index contributed by atoms with van der Waals surface area (Å²) in [6, 6.07) is 1.80. The number of nitrogens with two attached hydrogens (primary N) is 1. The zero-order valence-electron chi connectivity index (χ0n) is 12.4. The molecular formula is C14H24N2O3S. The number of hydrogen-bond donors (Lipinski definition) is 3. The average Bonchev–Trinajstić information content (AvgIpc) is 2.36. The second-order valence-electron chi connectivity index (χ2n) is 5.04. The van der Waals surface area contributed by atoms with E-state index in [0.29, 0.717) is 30.6 Å². The van der Waals surface area contributed by atoms with Crippen LogP contribution in [0.15, 0.2) is 11.0 Å². The van der Waals surface area contributed by atoms with E-state index in [1.807, 2.05) is 6.92 Å². The molecule has 20 heavy (non-hydrogen) atoms. The van der Waals surface area contributed by atoms with Crippen LogP contribution in [0, 0.1) is 20.8 Å². The molecule has 114 valence electrons. The topological polar surface area (TPSA) is 92.4 Å². The minimum Gasteiger partial charge on any atom is -0.398 e. The molecule has 0 spiro atoms. The largest absolute Gasteiger partial charge is 0.398 e. The Bertz CT molecular complexity index is 542. The number of anilines is 1. The van der Waals surface area contributed by atoms with Crippen LogP contribution in [-0.2, 0) is 10.0 Å². The summed E-state index contributed by atoms with van der Waals surface area (Å²) in [6.07, 6.45) is 2.20. The molecule has 6 heteroatoms. The highest BCUT2D eigenvalue weighted by Crippen LogP contribution is 2.27. The molecule has 0 unspecified atom stereocenters. The second-order valence-corrected chi connectivity index (χ2v) is 6.75. The Balaban J connectivity index is 2.93. The maximum absolute atomic E-state index is 12.4. The van der Waals surface area contributed by atoms with E-state index in [1.54, 1.807) is 19.9 Å². The number of unbranched alkanes of at least 4 members (excludes halogenated alkanes) is 2. The van der Waals surface area contributed by atoms with Crippen LogP contribution in [0.5, 0.6) is 0 Å². The summed E-state index contributed by atoms with van der Waals surface area (Å²) in [5.41, 5.74) is 8.55. The highest BCUT2D eigenvalue weighted by Gasteiger charge is 2.21. The fourth-order valence-corrected chi connectivity index (χ4v) is 3.78. The molecule has 0 heterocycles. The van der Waals surface area contributed by atoms with Gasteiger partial charge >= 0.3 is 0 Å². The Hall–Kier alpha value is -1.11. The van der Waals surface area contributed by atoms with Crippen molar-refractivity contribution in [2.45, 2.75) is 44.9 Å². The lowest BCUT2D eigenvalue weighted by atomic mass is 10.1. The number of rotatable bonds is 7. The van der Waals surface area contributed by atoms with Gasteiger partial charge in [-0.25, -0.2) is 13.1 Å². The van der Waals surface area contributed by atoms with Gasteiger partial charge in [-0.05, 0) is 62.8 Å². The van der Waals surface area contributed by atoms with Gasteiger partial charge in [-0.15, -0.1) is 0 Å². The Morgan fingerprint density at radius 1 is 1.15 bits per heavy atom. The molecule has 0 saturated carbocycles. The first-order chi connectivity index (χ1) is 9.31. The van der Waals surface area contributed by atoms with Crippen LogP contribution in [0.1, 0.15) is 36.0 Å². The first kappa shape index (κ1) is 16.9. The van der Waals surface area contributed by atoms with Crippen LogP contribution >= 0.6 is 0 Å². The summed E-state index contributed by atoms with van der Waals surface area (Å²) in [5, 5.41) is 8.68. The number of aryl methyl sites for hydroxylation is 1. The summed E-state index contributed by atoms with van der Waals surface area (Å²) >= 11 is 0. The number of aliphatic hydroxyl groups is 1. The van der Waals surface area contributed by atoms with Crippen LogP contribution in [-0.4, -0.2) is 26.7 Å². The SMILES string of the molecule is Cc1cc(N)c(C)c(S(=O)(=O)NCCCCCO)c1C. The average molecular weight is 300 g/mol. The van der Waals surface area contributed by atoms with Crippen molar-refractivity contribution < 1.29 is 13.5 Å². The third kappa shape index (κ3) is 3.94. The van der Waals surface area contributed by atoms with E-state index in [-0.39, 0.29) is 11.5 Å². The summed E-state index contributed by atoms with van der Waals surface area (Å²) in [5.74, 6) is 0. The molecule has 0 aliphatic rings. The van der Waals surface area contributed by atoms with E-state index in [2.05, 4.69) is 4.72 Å². The third-order valence-electron chi connectivity index (χ3n) is 3.47. The lowest BCUT2D eigenvalue weighted by Gasteiger charge is -2.15. The van der Waals surface area contributed by atoms with Gasteiger partial charge in [-0.2, -0.15) is 0 Å². The van der Waals surface area contributed by atoms with Crippen molar-refractivity contribution in [2.24, 2.45) is 0 Å². The summed E-state index contributed by atoms with van der Waals surface area (Å²) < 4.78 is 27.4. The molecule has 0 amide bonds. The highest BCUT2D eigenvalue weighted by atomic mass is 32.2. The highest BCUT2D eigenvalue weighted by molar-refractivity contribution is 7.89. The van der Waals surface area contributed by atoms with E-state index >= 15 is 0 Å². The van der Waals surface area contributed by atoms with Gasteiger partial charge in [0.2, 0.25) is 10.0 Å². The Morgan fingerprint density at radius 2 is 1.80 bits per heavy atom. The number of nitrogens with one attached hydrogen (secondary N) is 1. The zero-order chi connectivity index (χ0) is 15.3. The number of nitrogen functional groups attached to an aromatic ring is 1. The van der Waals surface area contributed by atoms with Crippen LogP contribution in [0.3, 0.4) is 0 Å². The molecule has 0 aliphatic heterocycles. The molecule has 0 atom stereocenters. The van der Waals surface area contributed by atoms with Crippen molar-refractivity contribution in [1.29, 1.82) is 0 Å². The van der Waals surface area contributed by atoms with Crippen LogP contribution in [0.2, 0.25) is 0 Å². The molecular weight excluding hydrogens is 276 g/mol. The van der Waals surface area contributed by atoms with Crippen molar-refractivity contribution in [3.05, 3.63) is 22.8 Å². The maximum atomic E-state index is 12.4. The smallest absolute Gasteiger partial charge is 0.241 e. The molecule has 5 nitrogen and oxygen atoms in total. The van der Waals surface area contributed by atoms with Gasteiger partial charge in [0, 0.05) is 18.8 Å². The fourth-order valence-electron chi connectivity index (χ4n) is 2.14. The van der Waals surface area contributed by atoms with E-state index < -0.39 is 10.0 Å². The molecule has 0 bridgehead atoms. The third-order valence-corrected chi connectivity index (χ3v) is 5.21. The predicted octanol–water partition coefficient (Wildman–Crippen LogP) is 1.63. The van der Waals surface area contributed by atoms with E-state index in [0.717, 1.165) is 17.5 Å². The lowest BCUT2D eigenvalue weighted by Crippen LogP contribution is -2.27. The molecule has 1 rings (SSSR count). The zero-order valence-corrected chi connectivity index (χ0v) is 13.2. The fraction of sp³-hybridized carbons (Fsp3) is 0.571. The van der Waals surface area contributed by atoms with Gasteiger partial charge in [-0.3, -0.25) is 0 Å². The number of sulfonamides is 1. The van der Waals surface area contributed by atoms with Crippen molar-refractivity contribution in [3.8, 4) is 0 Å². The minimum atomic E-state index is -3.55. The van der Waals surface area contributed by atoms with E-state index in [9.17, 15) is 8.42 Å². The Labute approximate surface area is 121 Å². The standard InChI is InChI=1S/C14H24N2O3S/c1-10-9-13(15)12(3)14(11(10)2)20(18,19)16-7-5-4-6-8-17/h9,16-17H,4-8,15H2,1-3H3. The van der Waals surface area contributed by atoms with Crippen LogP contribution < -0.4 is 10.5 Å². The molecule has 1 aromatic rings. The first-order valence-corrected chi connectivity index (χ1v) is 8.26. The van der Waals surface area contributed by atoms with Crippen LogP contribution in [0.4, 0.5) is 5.69 Å². The molecule has 0 aliphatic carbocycles. The number of aliphatic hydroxyl groups excluding tert-OH is 1. The van der Waals surface area contributed by atoms with Crippen molar-refractivity contribution in [3.63, 3.8) is 0 Å². The van der Waals surface area contributed by atoms with Gasteiger partial charge in [-0.1, -0.05) is 0 Å². The molecule has 4 N–H and O–H groups in total. The number of hydrogen-bond acceptors (Lipinski definition) is 4.